The molecule has 0 radical (unpaired) electrons. The van der Waals surface area contributed by atoms with Crippen molar-refractivity contribution in [2.24, 2.45) is 5.92 Å². The van der Waals surface area contributed by atoms with Gasteiger partial charge in [0, 0.05) is 25.6 Å². The first-order valence-corrected chi connectivity index (χ1v) is 5.70. The molecular formula is C11H21NO3. The third-order valence-electron chi connectivity index (χ3n) is 3.25. The van der Waals surface area contributed by atoms with Crippen LogP contribution in [0.1, 0.15) is 32.6 Å². The molecule has 0 saturated carbocycles. The van der Waals surface area contributed by atoms with Gasteiger partial charge in [-0.05, 0) is 38.6 Å². The maximum atomic E-state index is 10.4. The number of hydrogen-bond acceptors (Lipinski definition) is 3. The summed E-state index contributed by atoms with van der Waals surface area (Å²) in [6, 6.07) is 0.352. The molecule has 0 aromatic rings. The minimum atomic E-state index is -0.715. The lowest BCUT2D eigenvalue weighted by Gasteiger charge is -2.23. The van der Waals surface area contributed by atoms with Crippen molar-refractivity contribution >= 4 is 5.97 Å². The highest BCUT2D eigenvalue weighted by Crippen LogP contribution is 2.22. The Morgan fingerprint density at radius 1 is 1.60 bits per heavy atom. The van der Waals surface area contributed by atoms with Crippen molar-refractivity contribution in [3.05, 3.63) is 0 Å². The van der Waals surface area contributed by atoms with Crippen LogP contribution in [0, 0.1) is 5.92 Å². The van der Waals surface area contributed by atoms with E-state index in [4.69, 9.17) is 10.2 Å². The molecule has 1 aliphatic heterocycles. The summed E-state index contributed by atoms with van der Waals surface area (Å²) in [6.45, 7) is 4.42. The lowest BCUT2D eigenvalue weighted by molar-refractivity contribution is -0.137. The van der Waals surface area contributed by atoms with E-state index in [-0.39, 0.29) is 13.0 Å². The van der Waals surface area contributed by atoms with Crippen molar-refractivity contribution in [3.8, 4) is 0 Å². The average Bonchev–Trinajstić information content (AvgIpc) is 2.63. The molecule has 4 nitrogen and oxygen atoms in total. The number of carbonyl (C=O) groups is 1. The molecule has 88 valence electrons. The van der Waals surface area contributed by atoms with Crippen LogP contribution in [0.5, 0.6) is 0 Å². The topological polar surface area (TPSA) is 60.8 Å². The summed E-state index contributed by atoms with van der Waals surface area (Å²) in [5, 5.41) is 17.4. The molecule has 0 amide bonds. The number of aliphatic hydroxyl groups is 1. The zero-order valence-corrected chi connectivity index (χ0v) is 9.35. The Bertz CT molecular complexity index is 208. The highest BCUT2D eigenvalue weighted by Gasteiger charge is 2.25. The van der Waals surface area contributed by atoms with Crippen LogP contribution in [0.15, 0.2) is 0 Å². The number of carboxylic acids is 1. The van der Waals surface area contributed by atoms with Gasteiger partial charge < -0.3 is 15.1 Å². The summed E-state index contributed by atoms with van der Waals surface area (Å²) < 4.78 is 0. The molecule has 1 rings (SSSR count). The van der Waals surface area contributed by atoms with Crippen molar-refractivity contribution in [2.45, 2.75) is 38.6 Å². The summed E-state index contributed by atoms with van der Waals surface area (Å²) in [7, 11) is 0. The van der Waals surface area contributed by atoms with Crippen LogP contribution in [-0.4, -0.2) is 46.8 Å². The maximum absolute atomic E-state index is 10.4. The molecule has 2 atom stereocenters. The van der Waals surface area contributed by atoms with Crippen molar-refractivity contribution in [3.63, 3.8) is 0 Å². The molecule has 4 heteroatoms. The third-order valence-corrected chi connectivity index (χ3v) is 3.25. The Kier molecular flexibility index (Phi) is 5.05. The van der Waals surface area contributed by atoms with Gasteiger partial charge in [-0.3, -0.25) is 4.79 Å². The third kappa shape index (κ3) is 4.18. The van der Waals surface area contributed by atoms with E-state index in [1.807, 2.05) is 0 Å². The van der Waals surface area contributed by atoms with Crippen LogP contribution in [0.25, 0.3) is 0 Å². The van der Waals surface area contributed by atoms with Gasteiger partial charge in [0.1, 0.15) is 0 Å². The second-order valence-electron chi connectivity index (χ2n) is 4.44. The van der Waals surface area contributed by atoms with Gasteiger partial charge >= 0.3 is 5.97 Å². The Balaban J connectivity index is 2.23. The first-order valence-electron chi connectivity index (χ1n) is 5.70. The highest BCUT2D eigenvalue weighted by molar-refractivity contribution is 5.66. The van der Waals surface area contributed by atoms with E-state index in [1.165, 1.54) is 0 Å². The fraction of sp³-hybridized carbons (Fsp3) is 0.909. The number of hydrogen-bond donors (Lipinski definition) is 2. The van der Waals surface area contributed by atoms with Crippen LogP contribution in [0.2, 0.25) is 0 Å². The molecule has 1 saturated heterocycles. The first kappa shape index (κ1) is 12.5. The number of carboxylic acid groups (broad SMARTS) is 1. The quantitative estimate of drug-likeness (QED) is 0.692. The molecule has 1 fully saturated rings. The van der Waals surface area contributed by atoms with Gasteiger partial charge in [0.05, 0.1) is 0 Å². The highest BCUT2D eigenvalue weighted by atomic mass is 16.4. The zero-order valence-electron chi connectivity index (χ0n) is 9.35. The zero-order chi connectivity index (χ0) is 11.3. The fourth-order valence-electron chi connectivity index (χ4n) is 2.20. The van der Waals surface area contributed by atoms with Crippen molar-refractivity contribution in [1.29, 1.82) is 0 Å². The van der Waals surface area contributed by atoms with Gasteiger partial charge in [-0.2, -0.15) is 0 Å². The van der Waals surface area contributed by atoms with E-state index in [0.29, 0.717) is 12.0 Å². The van der Waals surface area contributed by atoms with Gasteiger partial charge in [0.25, 0.3) is 0 Å². The van der Waals surface area contributed by atoms with E-state index < -0.39 is 5.97 Å². The summed E-state index contributed by atoms with van der Waals surface area (Å²) in [6.07, 6.45) is 2.99. The van der Waals surface area contributed by atoms with Crippen LogP contribution in [-0.2, 0) is 4.79 Å². The Hall–Kier alpha value is -0.610. The summed E-state index contributed by atoms with van der Waals surface area (Å²) in [4.78, 5) is 12.8. The molecule has 2 unspecified atom stereocenters. The number of rotatable bonds is 6. The smallest absolute Gasteiger partial charge is 0.303 e. The van der Waals surface area contributed by atoms with Crippen molar-refractivity contribution < 1.29 is 15.0 Å². The van der Waals surface area contributed by atoms with E-state index in [2.05, 4.69) is 11.8 Å². The second kappa shape index (κ2) is 6.08. The van der Waals surface area contributed by atoms with E-state index in [1.54, 1.807) is 0 Å². The lowest BCUT2D eigenvalue weighted by Crippen LogP contribution is -2.31. The van der Waals surface area contributed by atoms with Gasteiger partial charge in [-0.25, -0.2) is 0 Å². The normalized spacial score (nSPS) is 24.3. The molecule has 0 bridgehead atoms. The molecule has 0 aromatic heterocycles. The van der Waals surface area contributed by atoms with E-state index in [0.717, 1.165) is 32.4 Å². The van der Waals surface area contributed by atoms with Gasteiger partial charge in [0.2, 0.25) is 0 Å². The number of nitrogens with zero attached hydrogens (tertiary/aromatic N) is 1. The number of aliphatic carboxylic acids is 1. The van der Waals surface area contributed by atoms with Crippen molar-refractivity contribution in [1.82, 2.24) is 4.90 Å². The van der Waals surface area contributed by atoms with Gasteiger partial charge in [-0.1, -0.05) is 0 Å². The minimum absolute atomic E-state index is 0.252. The Morgan fingerprint density at radius 3 is 2.93 bits per heavy atom. The second-order valence-corrected chi connectivity index (χ2v) is 4.44. The average molecular weight is 215 g/mol. The Morgan fingerprint density at radius 2 is 2.33 bits per heavy atom. The fourth-order valence-corrected chi connectivity index (χ4v) is 2.20. The molecule has 2 N–H and O–H groups in total. The number of aliphatic hydroxyl groups excluding tert-OH is 1. The van der Waals surface area contributed by atoms with Gasteiger partial charge in [-0.15, -0.1) is 0 Å². The van der Waals surface area contributed by atoms with Crippen LogP contribution in [0.3, 0.4) is 0 Å². The summed E-state index contributed by atoms with van der Waals surface area (Å²) in [5.74, 6) is -0.116. The molecule has 0 aliphatic carbocycles. The first-order chi connectivity index (χ1) is 7.13. The minimum Gasteiger partial charge on any atom is -0.481 e. The summed E-state index contributed by atoms with van der Waals surface area (Å²) >= 11 is 0. The summed E-state index contributed by atoms with van der Waals surface area (Å²) in [5.41, 5.74) is 0. The molecule has 0 aromatic carbocycles. The molecule has 1 heterocycles. The molecule has 1 aliphatic rings. The van der Waals surface area contributed by atoms with E-state index >= 15 is 0 Å². The van der Waals surface area contributed by atoms with Crippen LogP contribution >= 0.6 is 0 Å². The molecule has 15 heavy (non-hydrogen) atoms. The van der Waals surface area contributed by atoms with Crippen LogP contribution in [0.4, 0.5) is 0 Å². The maximum Gasteiger partial charge on any atom is 0.303 e. The Labute approximate surface area is 90.9 Å². The largest absolute Gasteiger partial charge is 0.481 e. The molecular weight excluding hydrogens is 194 g/mol. The van der Waals surface area contributed by atoms with Crippen molar-refractivity contribution in [2.75, 3.05) is 19.7 Å². The predicted octanol–water partition coefficient (Wildman–Crippen LogP) is 0.944. The number of likely N-dealkylation sites (tertiary alicyclic amines) is 1. The SMILES string of the molecule is CC(CCC(=O)O)N1CCC(CCO)C1. The lowest BCUT2D eigenvalue weighted by atomic mass is 10.1. The predicted molar refractivity (Wildman–Crippen MR) is 57.7 cm³/mol. The molecule has 0 spiro atoms. The standard InChI is InChI=1S/C11H21NO3/c1-9(2-3-11(14)15)12-6-4-10(8-12)5-7-13/h9-10,13H,2-8H2,1H3,(H,14,15). The van der Waals surface area contributed by atoms with E-state index in [9.17, 15) is 4.79 Å². The van der Waals surface area contributed by atoms with Crippen LogP contribution < -0.4 is 0 Å². The monoisotopic (exact) mass is 215 g/mol. The van der Waals surface area contributed by atoms with Gasteiger partial charge in [0.15, 0.2) is 0 Å².